The van der Waals surface area contributed by atoms with Gasteiger partial charge in [0.05, 0.1) is 11.9 Å². The van der Waals surface area contributed by atoms with Crippen molar-refractivity contribution < 1.29 is 4.79 Å². The van der Waals surface area contributed by atoms with E-state index in [4.69, 9.17) is 0 Å². The molecule has 0 fully saturated rings. The minimum Gasteiger partial charge on any atom is -0.360 e. The van der Waals surface area contributed by atoms with E-state index in [0.29, 0.717) is 0 Å². The van der Waals surface area contributed by atoms with E-state index in [9.17, 15) is 4.79 Å². The highest BCUT2D eigenvalue weighted by Gasteiger charge is 2.22. The predicted molar refractivity (Wildman–Crippen MR) is 102 cm³/mol. The number of nitrogens with one attached hydrogen (secondary N) is 1. The fourth-order valence-electron chi connectivity index (χ4n) is 3.36. The van der Waals surface area contributed by atoms with Gasteiger partial charge in [0, 0.05) is 17.1 Å². The Bertz CT molecular complexity index is 950. The van der Waals surface area contributed by atoms with Crippen LogP contribution in [-0.2, 0) is 11.2 Å². The molecule has 0 aliphatic carbocycles. The zero-order chi connectivity index (χ0) is 17.4. The number of carbonyl (C=O) groups is 1. The molecule has 3 aromatic rings. The van der Waals surface area contributed by atoms with Crippen LogP contribution in [0.3, 0.4) is 0 Å². The summed E-state index contributed by atoms with van der Waals surface area (Å²) in [5.41, 5.74) is 3.46. The lowest BCUT2D eigenvalue weighted by Gasteiger charge is -2.29. The Labute approximate surface area is 150 Å². The molecule has 1 aromatic carbocycles. The third kappa shape index (κ3) is 2.87. The number of carbonyl (C=O) groups excluding carboxylic acids is 1. The van der Waals surface area contributed by atoms with Gasteiger partial charge in [0.15, 0.2) is 0 Å². The molecule has 128 valence electrons. The molecule has 0 bridgehead atoms. The van der Waals surface area contributed by atoms with Gasteiger partial charge < -0.3 is 10.2 Å². The molecule has 0 saturated carbocycles. The van der Waals surface area contributed by atoms with E-state index in [2.05, 4.69) is 35.2 Å². The average molecular weight is 352 g/mol. The number of hydrogen-bond donors (Lipinski definition) is 1. The first-order valence-corrected chi connectivity index (χ1v) is 9.29. The maximum absolute atomic E-state index is 12.8. The second kappa shape index (κ2) is 6.44. The second-order valence-corrected chi connectivity index (χ2v) is 7.52. The SMILES string of the molecule is Cc1sc2ncnc(NCC(=O)N3CCCc4ccccc43)c2c1C. The fourth-order valence-corrected chi connectivity index (χ4v) is 4.36. The van der Waals surface area contributed by atoms with Crippen molar-refractivity contribution in [3.05, 3.63) is 46.6 Å². The first kappa shape index (κ1) is 16.0. The highest BCUT2D eigenvalue weighted by molar-refractivity contribution is 7.18. The zero-order valence-electron chi connectivity index (χ0n) is 14.4. The molecule has 1 amide bonds. The molecule has 1 aliphatic heterocycles. The van der Waals surface area contributed by atoms with Crippen molar-refractivity contribution in [3.63, 3.8) is 0 Å². The Balaban J connectivity index is 1.56. The molecular weight excluding hydrogens is 332 g/mol. The fraction of sp³-hybridized carbons (Fsp3) is 0.316. The van der Waals surface area contributed by atoms with Crippen LogP contribution in [0.2, 0.25) is 0 Å². The van der Waals surface area contributed by atoms with Crippen molar-refractivity contribution in [2.24, 2.45) is 0 Å². The largest absolute Gasteiger partial charge is 0.360 e. The Kier molecular flexibility index (Phi) is 4.13. The minimum atomic E-state index is 0.0727. The van der Waals surface area contributed by atoms with Crippen LogP contribution in [0.25, 0.3) is 10.2 Å². The van der Waals surface area contributed by atoms with Crippen molar-refractivity contribution in [1.82, 2.24) is 9.97 Å². The lowest BCUT2D eigenvalue weighted by Crippen LogP contribution is -2.39. The third-order valence-electron chi connectivity index (χ3n) is 4.78. The van der Waals surface area contributed by atoms with E-state index in [0.717, 1.165) is 41.1 Å². The van der Waals surface area contributed by atoms with Crippen LogP contribution in [-0.4, -0.2) is 29.0 Å². The maximum Gasteiger partial charge on any atom is 0.246 e. The van der Waals surface area contributed by atoms with Gasteiger partial charge >= 0.3 is 0 Å². The molecule has 2 aromatic heterocycles. The molecule has 0 saturated heterocycles. The molecule has 1 aliphatic rings. The lowest BCUT2D eigenvalue weighted by molar-refractivity contribution is -0.117. The van der Waals surface area contributed by atoms with Gasteiger partial charge in [-0.1, -0.05) is 18.2 Å². The minimum absolute atomic E-state index is 0.0727. The lowest BCUT2D eigenvalue weighted by atomic mass is 10.0. The van der Waals surface area contributed by atoms with E-state index in [-0.39, 0.29) is 12.5 Å². The molecule has 5 nitrogen and oxygen atoms in total. The number of thiophene rings is 1. The number of aromatic nitrogens is 2. The molecule has 0 unspecified atom stereocenters. The van der Waals surface area contributed by atoms with E-state index in [1.54, 1.807) is 17.7 Å². The topological polar surface area (TPSA) is 58.1 Å². The molecule has 3 heterocycles. The van der Waals surface area contributed by atoms with Crippen LogP contribution >= 0.6 is 11.3 Å². The monoisotopic (exact) mass is 352 g/mol. The van der Waals surface area contributed by atoms with Crippen LogP contribution in [0.1, 0.15) is 22.4 Å². The van der Waals surface area contributed by atoms with Crippen molar-refractivity contribution >= 4 is 39.0 Å². The first-order valence-electron chi connectivity index (χ1n) is 8.48. The van der Waals surface area contributed by atoms with E-state index in [1.165, 1.54) is 16.0 Å². The summed E-state index contributed by atoms with van der Waals surface area (Å²) in [4.78, 5) is 25.6. The van der Waals surface area contributed by atoms with Crippen LogP contribution in [0.15, 0.2) is 30.6 Å². The van der Waals surface area contributed by atoms with Gasteiger partial charge in [0.25, 0.3) is 0 Å². The van der Waals surface area contributed by atoms with Gasteiger partial charge in [-0.05, 0) is 43.9 Å². The second-order valence-electron chi connectivity index (χ2n) is 6.32. The number of fused-ring (bicyclic) bond motifs is 2. The van der Waals surface area contributed by atoms with Crippen molar-refractivity contribution in [2.75, 3.05) is 23.3 Å². The number of rotatable bonds is 3. The summed E-state index contributed by atoms with van der Waals surface area (Å²) in [6.07, 6.45) is 3.59. The Morgan fingerprint density at radius 2 is 2.12 bits per heavy atom. The van der Waals surface area contributed by atoms with Crippen LogP contribution < -0.4 is 10.2 Å². The van der Waals surface area contributed by atoms with Gasteiger partial charge in [-0.25, -0.2) is 9.97 Å². The summed E-state index contributed by atoms with van der Waals surface area (Å²) in [6, 6.07) is 8.16. The Morgan fingerprint density at radius 1 is 1.28 bits per heavy atom. The quantitative estimate of drug-likeness (QED) is 0.781. The molecule has 4 rings (SSSR count). The Morgan fingerprint density at radius 3 is 3.00 bits per heavy atom. The average Bonchev–Trinajstić information content (AvgIpc) is 2.94. The highest BCUT2D eigenvalue weighted by atomic mass is 32.1. The van der Waals surface area contributed by atoms with Gasteiger partial charge in [0.1, 0.15) is 17.0 Å². The van der Waals surface area contributed by atoms with Gasteiger partial charge in [0.2, 0.25) is 5.91 Å². The van der Waals surface area contributed by atoms with Crippen molar-refractivity contribution in [3.8, 4) is 0 Å². The van der Waals surface area contributed by atoms with Crippen LogP contribution in [0.4, 0.5) is 11.5 Å². The van der Waals surface area contributed by atoms with Gasteiger partial charge in [-0.2, -0.15) is 0 Å². The summed E-state index contributed by atoms with van der Waals surface area (Å²) < 4.78 is 0. The molecule has 25 heavy (non-hydrogen) atoms. The predicted octanol–water partition coefficient (Wildman–Crippen LogP) is 3.70. The number of para-hydroxylation sites is 1. The summed E-state index contributed by atoms with van der Waals surface area (Å²) in [5, 5.41) is 4.26. The molecule has 0 spiro atoms. The van der Waals surface area contributed by atoms with Gasteiger partial charge in [-0.3, -0.25) is 4.79 Å². The van der Waals surface area contributed by atoms with E-state index < -0.39 is 0 Å². The summed E-state index contributed by atoms with van der Waals surface area (Å²) in [7, 11) is 0. The maximum atomic E-state index is 12.8. The van der Waals surface area contributed by atoms with Gasteiger partial charge in [-0.15, -0.1) is 11.3 Å². The normalized spacial score (nSPS) is 13.8. The summed E-state index contributed by atoms with van der Waals surface area (Å²) >= 11 is 1.66. The number of nitrogens with zero attached hydrogens (tertiary/aromatic N) is 3. The van der Waals surface area contributed by atoms with Crippen LogP contribution in [0, 0.1) is 13.8 Å². The number of amides is 1. The molecular formula is C19H20N4OS. The standard InChI is InChI=1S/C19H20N4OS/c1-12-13(2)25-19-17(12)18(21-11-22-19)20-10-16(24)23-9-5-7-14-6-3-4-8-15(14)23/h3-4,6,8,11H,5,7,9-10H2,1-2H3,(H,20,21,22). The first-order chi connectivity index (χ1) is 12.1. The van der Waals surface area contributed by atoms with Crippen LogP contribution in [0.5, 0.6) is 0 Å². The van der Waals surface area contributed by atoms with Crippen molar-refractivity contribution in [1.29, 1.82) is 0 Å². The number of aryl methyl sites for hydroxylation is 3. The number of anilines is 2. The number of hydrogen-bond acceptors (Lipinski definition) is 5. The molecule has 0 radical (unpaired) electrons. The van der Waals surface area contributed by atoms with Crippen molar-refractivity contribution in [2.45, 2.75) is 26.7 Å². The Hall–Kier alpha value is -2.47. The van der Waals surface area contributed by atoms with E-state index >= 15 is 0 Å². The third-order valence-corrected chi connectivity index (χ3v) is 5.90. The zero-order valence-corrected chi connectivity index (χ0v) is 15.2. The number of benzene rings is 1. The molecule has 6 heteroatoms. The highest BCUT2D eigenvalue weighted by Crippen LogP contribution is 2.32. The summed E-state index contributed by atoms with van der Waals surface area (Å²) in [5.74, 6) is 0.814. The molecule has 1 N–H and O–H groups in total. The van der Waals surface area contributed by atoms with E-state index in [1.807, 2.05) is 23.1 Å². The summed E-state index contributed by atoms with van der Waals surface area (Å²) in [6.45, 7) is 5.16. The molecule has 0 atom stereocenters. The smallest absolute Gasteiger partial charge is 0.246 e.